The molecule has 1 fully saturated rings. The van der Waals surface area contributed by atoms with Gasteiger partial charge in [0, 0.05) is 11.6 Å². The summed E-state index contributed by atoms with van der Waals surface area (Å²) in [4.78, 5) is 12.8. The van der Waals surface area contributed by atoms with E-state index < -0.39 is 0 Å². The molecule has 23 heavy (non-hydrogen) atoms. The molecule has 0 radical (unpaired) electrons. The SMILES string of the molecule is COc1cccc(-c2ccc(C#N)c(=O)n2C2CCCCC2)c1. The molecule has 118 valence electrons. The van der Waals surface area contributed by atoms with E-state index in [0.717, 1.165) is 42.7 Å². The summed E-state index contributed by atoms with van der Waals surface area (Å²) in [7, 11) is 1.63. The quantitative estimate of drug-likeness (QED) is 0.864. The highest BCUT2D eigenvalue weighted by molar-refractivity contribution is 5.62. The van der Waals surface area contributed by atoms with Gasteiger partial charge < -0.3 is 9.30 Å². The smallest absolute Gasteiger partial charge is 0.269 e. The Morgan fingerprint density at radius 1 is 1.17 bits per heavy atom. The van der Waals surface area contributed by atoms with Gasteiger partial charge in [-0.25, -0.2) is 0 Å². The zero-order chi connectivity index (χ0) is 16.2. The van der Waals surface area contributed by atoms with Gasteiger partial charge in [0.05, 0.1) is 12.8 Å². The molecule has 0 saturated heterocycles. The van der Waals surface area contributed by atoms with Crippen molar-refractivity contribution in [1.82, 2.24) is 4.57 Å². The van der Waals surface area contributed by atoms with Gasteiger partial charge in [-0.05, 0) is 37.1 Å². The fourth-order valence-electron chi connectivity index (χ4n) is 3.36. The van der Waals surface area contributed by atoms with E-state index in [9.17, 15) is 10.1 Å². The van der Waals surface area contributed by atoms with E-state index in [4.69, 9.17) is 4.74 Å². The van der Waals surface area contributed by atoms with Gasteiger partial charge >= 0.3 is 0 Å². The molecule has 0 unspecified atom stereocenters. The molecule has 0 N–H and O–H groups in total. The number of methoxy groups -OCH3 is 1. The molecule has 1 saturated carbocycles. The van der Waals surface area contributed by atoms with Crippen LogP contribution in [0.25, 0.3) is 11.3 Å². The van der Waals surface area contributed by atoms with Crippen LogP contribution >= 0.6 is 0 Å². The Morgan fingerprint density at radius 2 is 1.96 bits per heavy atom. The molecule has 1 heterocycles. The lowest BCUT2D eigenvalue weighted by molar-refractivity contribution is 0.348. The van der Waals surface area contributed by atoms with Crippen molar-refractivity contribution < 1.29 is 4.74 Å². The molecule has 1 aromatic heterocycles. The van der Waals surface area contributed by atoms with Crippen molar-refractivity contribution >= 4 is 0 Å². The molecule has 0 atom stereocenters. The summed E-state index contributed by atoms with van der Waals surface area (Å²) in [6, 6.07) is 13.4. The number of rotatable bonds is 3. The first-order valence-electron chi connectivity index (χ1n) is 8.04. The highest BCUT2D eigenvalue weighted by Gasteiger charge is 2.21. The number of benzene rings is 1. The van der Waals surface area contributed by atoms with E-state index in [2.05, 4.69) is 0 Å². The molecule has 2 aromatic rings. The van der Waals surface area contributed by atoms with Gasteiger partial charge in [-0.15, -0.1) is 0 Å². The Balaban J connectivity index is 2.17. The Hall–Kier alpha value is -2.54. The molecule has 4 nitrogen and oxygen atoms in total. The normalized spacial score (nSPS) is 15.1. The Kier molecular flexibility index (Phi) is 4.47. The predicted octanol–water partition coefficient (Wildman–Crippen LogP) is 3.90. The standard InChI is InChI=1S/C19H20N2O2/c1-23-17-9-5-6-14(12-17)18-11-10-15(13-20)19(22)21(18)16-7-3-2-4-8-16/h5-6,9-12,16H,2-4,7-8H2,1H3. The Labute approximate surface area is 135 Å². The predicted molar refractivity (Wildman–Crippen MR) is 89.5 cm³/mol. The molecule has 0 bridgehead atoms. The minimum atomic E-state index is -0.181. The molecule has 0 spiro atoms. The van der Waals surface area contributed by atoms with Crippen LogP contribution in [0.3, 0.4) is 0 Å². The number of ether oxygens (including phenoxy) is 1. The zero-order valence-corrected chi connectivity index (χ0v) is 13.3. The van der Waals surface area contributed by atoms with Crippen molar-refractivity contribution in [1.29, 1.82) is 5.26 Å². The maximum Gasteiger partial charge on any atom is 0.269 e. The molecular formula is C19H20N2O2. The lowest BCUT2D eigenvalue weighted by atomic mass is 9.94. The van der Waals surface area contributed by atoms with E-state index in [1.54, 1.807) is 13.2 Å². The van der Waals surface area contributed by atoms with Crippen LogP contribution in [0.1, 0.15) is 43.7 Å². The first-order valence-corrected chi connectivity index (χ1v) is 8.04. The van der Waals surface area contributed by atoms with Crippen molar-refractivity contribution in [2.24, 2.45) is 0 Å². The molecule has 0 amide bonds. The lowest BCUT2D eigenvalue weighted by Crippen LogP contribution is -2.29. The third-order valence-corrected chi connectivity index (χ3v) is 4.54. The topological polar surface area (TPSA) is 55.0 Å². The molecular weight excluding hydrogens is 288 g/mol. The van der Waals surface area contributed by atoms with Crippen molar-refractivity contribution in [3.8, 4) is 23.1 Å². The maximum absolute atomic E-state index is 12.8. The van der Waals surface area contributed by atoms with Gasteiger partial charge in [0.15, 0.2) is 0 Å². The van der Waals surface area contributed by atoms with E-state index >= 15 is 0 Å². The van der Waals surface area contributed by atoms with E-state index in [1.807, 2.05) is 41.0 Å². The van der Waals surface area contributed by atoms with Gasteiger partial charge in [0.2, 0.25) is 0 Å². The largest absolute Gasteiger partial charge is 0.497 e. The Bertz CT molecular complexity index is 796. The van der Waals surface area contributed by atoms with Gasteiger partial charge in [-0.3, -0.25) is 4.79 Å². The van der Waals surface area contributed by atoms with Crippen LogP contribution < -0.4 is 10.3 Å². The average molecular weight is 308 g/mol. The number of pyridine rings is 1. The van der Waals surface area contributed by atoms with Gasteiger partial charge in [0.1, 0.15) is 17.4 Å². The van der Waals surface area contributed by atoms with Crippen molar-refractivity contribution in [2.75, 3.05) is 7.11 Å². The van der Waals surface area contributed by atoms with Gasteiger partial charge in [-0.2, -0.15) is 5.26 Å². The van der Waals surface area contributed by atoms with Gasteiger partial charge in [-0.1, -0.05) is 31.4 Å². The summed E-state index contributed by atoms with van der Waals surface area (Å²) in [5.74, 6) is 0.759. The summed E-state index contributed by atoms with van der Waals surface area (Å²) in [5.41, 5.74) is 1.83. The number of nitrogens with zero attached hydrogens (tertiary/aromatic N) is 2. The van der Waals surface area contributed by atoms with Crippen LogP contribution in [-0.4, -0.2) is 11.7 Å². The van der Waals surface area contributed by atoms with Crippen LogP contribution in [0.4, 0.5) is 0 Å². The summed E-state index contributed by atoms with van der Waals surface area (Å²) in [6.45, 7) is 0. The fraction of sp³-hybridized carbons (Fsp3) is 0.368. The number of hydrogen-bond donors (Lipinski definition) is 0. The molecule has 1 aliphatic rings. The van der Waals surface area contributed by atoms with Crippen molar-refractivity contribution in [3.05, 3.63) is 52.3 Å². The summed E-state index contributed by atoms with van der Waals surface area (Å²) >= 11 is 0. The zero-order valence-electron chi connectivity index (χ0n) is 13.3. The third-order valence-electron chi connectivity index (χ3n) is 4.54. The highest BCUT2D eigenvalue weighted by atomic mass is 16.5. The highest BCUT2D eigenvalue weighted by Crippen LogP contribution is 2.32. The minimum absolute atomic E-state index is 0.172. The molecule has 1 aliphatic carbocycles. The number of hydrogen-bond acceptors (Lipinski definition) is 3. The van der Waals surface area contributed by atoms with E-state index in [0.29, 0.717) is 0 Å². The number of aromatic nitrogens is 1. The molecule has 3 rings (SSSR count). The maximum atomic E-state index is 12.8. The molecule has 4 heteroatoms. The van der Waals surface area contributed by atoms with Crippen LogP contribution in [0.15, 0.2) is 41.2 Å². The van der Waals surface area contributed by atoms with E-state index in [-0.39, 0.29) is 17.2 Å². The molecule has 1 aromatic carbocycles. The van der Waals surface area contributed by atoms with Crippen LogP contribution in [-0.2, 0) is 0 Å². The van der Waals surface area contributed by atoms with E-state index in [1.165, 1.54) is 6.42 Å². The monoisotopic (exact) mass is 308 g/mol. The first-order chi connectivity index (χ1) is 11.2. The third kappa shape index (κ3) is 3.00. The summed E-state index contributed by atoms with van der Waals surface area (Å²) in [5, 5.41) is 9.20. The van der Waals surface area contributed by atoms with Crippen LogP contribution in [0, 0.1) is 11.3 Å². The first kappa shape index (κ1) is 15.4. The summed E-state index contributed by atoms with van der Waals surface area (Å²) < 4.78 is 7.12. The second kappa shape index (κ2) is 6.70. The minimum Gasteiger partial charge on any atom is -0.497 e. The van der Waals surface area contributed by atoms with Crippen LogP contribution in [0.2, 0.25) is 0 Å². The summed E-state index contributed by atoms with van der Waals surface area (Å²) in [6.07, 6.45) is 5.46. The average Bonchev–Trinajstić information content (AvgIpc) is 2.62. The van der Waals surface area contributed by atoms with Crippen molar-refractivity contribution in [3.63, 3.8) is 0 Å². The van der Waals surface area contributed by atoms with Gasteiger partial charge in [0.25, 0.3) is 5.56 Å². The second-order valence-electron chi connectivity index (χ2n) is 5.94. The lowest BCUT2D eigenvalue weighted by Gasteiger charge is -2.27. The number of nitriles is 1. The fourth-order valence-corrected chi connectivity index (χ4v) is 3.36. The Morgan fingerprint density at radius 3 is 2.65 bits per heavy atom. The van der Waals surface area contributed by atoms with Crippen molar-refractivity contribution in [2.45, 2.75) is 38.1 Å². The second-order valence-corrected chi connectivity index (χ2v) is 5.94. The molecule has 0 aliphatic heterocycles. The van der Waals surface area contributed by atoms with Crippen LogP contribution in [0.5, 0.6) is 5.75 Å².